The van der Waals surface area contributed by atoms with Crippen LogP contribution in [0.15, 0.2) is 12.3 Å². The van der Waals surface area contributed by atoms with Crippen LogP contribution in [0.1, 0.15) is 23.2 Å². The Morgan fingerprint density at radius 1 is 1.47 bits per heavy atom. The van der Waals surface area contributed by atoms with E-state index >= 15 is 0 Å². The maximum Gasteiger partial charge on any atom is 0.273 e. The minimum atomic E-state index is -0.262. The lowest BCUT2D eigenvalue weighted by molar-refractivity contribution is -0.121. The second-order valence-corrected chi connectivity index (χ2v) is 3.48. The lowest BCUT2D eigenvalue weighted by Gasteiger charge is -2.19. The van der Waals surface area contributed by atoms with Gasteiger partial charge in [0.1, 0.15) is 11.5 Å². The molecule has 1 aromatic heterocycles. The zero-order valence-electron chi connectivity index (χ0n) is 10.2. The molecule has 0 saturated heterocycles. The number of hydrogen-bond donors (Lipinski definition) is 1. The summed E-state index contributed by atoms with van der Waals surface area (Å²) in [7, 11) is 1.54. The Morgan fingerprint density at radius 3 is 2.71 bits per heavy atom. The summed E-state index contributed by atoms with van der Waals surface area (Å²) in [6.07, 6.45) is 1.53. The largest absolute Gasteiger partial charge is 0.358 e. The van der Waals surface area contributed by atoms with Crippen molar-refractivity contribution in [3.8, 4) is 0 Å². The monoisotopic (exact) mass is 236 g/mol. The molecule has 6 heteroatoms. The first kappa shape index (κ1) is 13.1. The number of nitrogens with zero attached hydrogens (tertiary/aromatic N) is 3. The van der Waals surface area contributed by atoms with E-state index in [2.05, 4.69) is 15.3 Å². The summed E-state index contributed by atoms with van der Waals surface area (Å²) in [5.41, 5.74) is 0.309. The van der Waals surface area contributed by atoms with E-state index in [1.165, 1.54) is 18.1 Å². The summed E-state index contributed by atoms with van der Waals surface area (Å²) in [4.78, 5) is 32.7. The van der Waals surface area contributed by atoms with Crippen molar-refractivity contribution in [1.82, 2.24) is 20.2 Å². The van der Waals surface area contributed by atoms with E-state index in [4.69, 9.17) is 0 Å². The molecule has 1 N–H and O–H groups in total. The first-order valence-electron chi connectivity index (χ1n) is 5.38. The van der Waals surface area contributed by atoms with Crippen molar-refractivity contribution in [1.29, 1.82) is 0 Å². The Hall–Kier alpha value is -1.98. The molecular weight excluding hydrogens is 220 g/mol. The van der Waals surface area contributed by atoms with Gasteiger partial charge in [-0.3, -0.25) is 9.59 Å². The van der Waals surface area contributed by atoms with E-state index in [0.717, 1.165) is 0 Å². The molecular formula is C11H16N4O2. The third-order valence-corrected chi connectivity index (χ3v) is 2.28. The normalized spacial score (nSPS) is 9.82. The standard InChI is InChI=1S/C11H16N4O2/c1-4-15(7-10(16)12-3)11(17)9-5-6-13-8(2)14-9/h5-6H,4,7H2,1-3H3,(H,12,16). The molecule has 0 fully saturated rings. The molecule has 0 aromatic carbocycles. The summed E-state index contributed by atoms with van der Waals surface area (Å²) in [5.74, 6) is 0.0689. The first-order chi connectivity index (χ1) is 8.08. The van der Waals surface area contributed by atoms with Crippen LogP contribution in [0.5, 0.6) is 0 Å². The fourth-order valence-corrected chi connectivity index (χ4v) is 1.32. The zero-order chi connectivity index (χ0) is 12.8. The molecule has 0 aliphatic heterocycles. The predicted octanol–water partition coefficient (Wildman–Crippen LogP) is -0.00688. The van der Waals surface area contributed by atoms with Gasteiger partial charge in [0.05, 0.1) is 6.54 Å². The molecule has 2 amide bonds. The molecule has 0 radical (unpaired) electrons. The summed E-state index contributed by atoms with van der Waals surface area (Å²) < 4.78 is 0. The maximum absolute atomic E-state index is 12.0. The van der Waals surface area contributed by atoms with Gasteiger partial charge in [-0.05, 0) is 19.9 Å². The highest BCUT2D eigenvalue weighted by Gasteiger charge is 2.17. The highest BCUT2D eigenvalue weighted by Crippen LogP contribution is 2.01. The number of amides is 2. The van der Waals surface area contributed by atoms with Crippen molar-refractivity contribution in [2.75, 3.05) is 20.1 Å². The second-order valence-electron chi connectivity index (χ2n) is 3.48. The summed E-state index contributed by atoms with van der Waals surface area (Å²) >= 11 is 0. The van der Waals surface area contributed by atoms with E-state index in [1.807, 2.05) is 6.92 Å². The van der Waals surface area contributed by atoms with Crippen molar-refractivity contribution < 1.29 is 9.59 Å². The third kappa shape index (κ3) is 3.51. The van der Waals surface area contributed by atoms with Crippen LogP contribution in [0.2, 0.25) is 0 Å². The molecule has 1 aromatic rings. The topological polar surface area (TPSA) is 75.2 Å². The van der Waals surface area contributed by atoms with Crippen LogP contribution in [0, 0.1) is 6.92 Å². The number of hydrogen-bond acceptors (Lipinski definition) is 4. The Morgan fingerprint density at radius 2 is 2.18 bits per heavy atom. The molecule has 0 saturated carbocycles. The van der Waals surface area contributed by atoms with Gasteiger partial charge in [0.25, 0.3) is 5.91 Å². The fraction of sp³-hybridized carbons (Fsp3) is 0.455. The first-order valence-corrected chi connectivity index (χ1v) is 5.38. The molecule has 0 aliphatic carbocycles. The molecule has 0 spiro atoms. The molecule has 6 nitrogen and oxygen atoms in total. The van der Waals surface area contributed by atoms with Gasteiger partial charge in [0.2, 0.25) is 5.91 Å². The maximum atomic E-state index is 12.0. The number of aromatic nitrogens is 2. The molecule has 0 unspecified atom stereocenters. The Balaban J connectivity index is 2.82. The SMILES string of the molecule is CCN(CC(=O)NC)C(=O)c1ccnc(C)n1. The Kier molecular flexibility index (Phi) is 4.56. The van der Waals surface area contributed by atoms with E-state index in [0.29, 0.717) is 18.1 Å². The molecule has 0 atom stereocenters. The van der Waals surface area contributed by atoms with E-state index < -0.39 is 0 Å². The van der Waals surface area contributed by atoms with Gasteiger partial charge in [0, 0.05) is 19.8 Å². The van der Waals surface area contributed by atoms with Crippen molar-refractivity contribution in [3.63, 3.8) is 0 Å². The van der Waals surface area contributed by atoms with Gasteiger partial charge in [0.15, 0.2) is 0 Å². The van der Waals surface area contributed by atoms with E-state index in [1.54, 1.807) is 13.0 Å². The lowest BCUT2D eigenvalue weighted by atomic mass is 10.3. The Bertz CT molecular complexity index is 420. The van der Waals surface area contributed by atoms with Crippen molar-refractivity contribution in [3.05, 3.63) is 23.8 Å². The smallest absolute Gasteiger partial charge is 0.273 e. The quantitative estimate of drug-likeness (QED) is 0.798. The van der Waals surface area contributed by atoms with Gasteiger partial charge in [-0.25, -0.2) is 9.97 Å². The highest BCUT2D eigenvalue weighted by molar-refractivity contribution is 5.94. The van der Waals surface area contributed by atoms with Gasteiger partial charge in [-0.15, -0.1) is 0 Å². The Labute approximate surface area is 100 Å². The second kappa shape index (κ2) is 5.93. The fourth-order valence-electron chi connectivity index (χ4n) is 1.32. The van der Waals surface area contributed by atoms with Crippen molar-refractivity contribution in [2.24, 2.45) is 0 Å². The van der Waals surface area contributed by atoms with Crippen molar-refractivity contribution >= 4 is 11.8 Å². The van der Waals surface area contributed by atoms with Crippen LogP contribution >= 0.6 is 0 Å². The number of rotatable bonds is 4. The molecule has 0 bridgehead atoms. The molecule has 92 valence electrons. The molecule has 0 aliphatic rings. The van der Waals surface area contributed by atoms with Crippen molar-refractivity contribution in [2.45, 2.75) is 13.8 Å². The van der Waals surface area contributed by atoms with Gasteiger partial charge >= 0.3 is 0 Å². The summed E-state index contributed by atoms with van der Waals surface area (Å²) in [5, 5.41) is 2.48. The van der Waals surface area contributed by atoms with Crippen LogP contribution in [0.25, 0.3) is 0 Å². The van der Waals surface area contributed by atoms with E-state index in [9.17, 15) is 9.59 Å². The number of carbonyl (C=O) groups is 2. The van der Waals surface area contributed by atoms with Gasteiger partial charge in [-0.2, -0.15) is 0 Å². The summed E-state index contributed by atoms with van der Waals surface area (Å²) in [6, 6.07) is 1.54. The van der Waals surface area contributed by atoms with Gasteiger partial charge < -0.3 is 10.2 Å². The van der Waals surface area contributed by atoms with Crippen LogP contribution < -0.4 is 5.32 Å². The molecule has 1 heterocycles. The van der Waals surface area contributed by atoms with Crippen LogP contribution in [-0.2, 0) is 4.79 Å². The van der Waals surface area contributed by atoms with Gasteiger partial charge in [-0.1, -0.05) is 0 Å². The minimum Gasteiger partial charge on any atom is -0.358 e. The number of likely N-dealkylation sites (N-methyl/N-ethyl adjacent to an activating group) is 2. The molecule has 17 heavy (non-hydrogen) atoms. The zero-order valence-corrected chi connectivity index (χ0v) is 10.2. The van der Waals surface area contributed by atoms with Crippen LogP contribution in [0.4, 0.5) is 0 Å². The lowest BCUT2D eigenvalue weighted by Crippen LogP contribution is -2.39. The summed E-state index contributed by atoms with van der Waals surface area (Å²) in [6.45, 7) is 4.02. The minimum absolute atomic E-state index is 0.0366. The number of carbonyl (C=O) groups excluding carboxylic acids is 2. The van der Waals surface area contributed by atoms with E-state index in [-0.39, 0.29) is 18.4 Å². The third-order valence-electron chi connectivity index (χ3n) is 2.28. The van der Waals surface area contributed by atoms with Crippen LogP contribution in [0.3, 0.4) is 0 Å². The predicted molar refractivity (Wildman–Crippen MR) is 62.4 cm³/mol. The average Bonchev–Trinajstić information content (AvgIpc) is 2.34. The number of nitrogens with one attached hydrogen (secondary N) is 1. The average molecular weight is 236 g/mol. The van der Waals surface area contributed by atoms with Crippen LogP contribution in [-0.4, -0.2) is 46.8 Å². The molecule has 1 rings (SSSR count). The number of aryl methyl sites for hydroxylation is 1. The highest BCUT2D eigenvalue weighted by atomic mass is 16.2.